The van der Waals surface area contributed by atoms with Crippen molar-refractivity contribution < 1.29 is 42.9 Å². The normalized spacial score (nSPS) is 13.2. The lowest BCUT2D eigenvalue weighted by molar-refractivity contribution is -0.870. The number of ether oxygens (including phenoxy) is 4. The van der Waals surface area contributed by atoms with Gasteiger partial charge in [-0.05, 0) is 89.9 Å². The van der Waals surface area contributed by atoms with Crippen LogP contribution in [0, 0.1) is 0 Å². The third kappa shape index (κ3) is 63.9. The monoisotopic (exact) mass is 1130 g/mol. The van der Waals surface area contributed by atoms with Gasteiger partial charge in [-0.1, -0.05) is 279 Å². The summed E-state index contributed by atoms with van der Waals surface area (Å²) in [6.45, 7) is 4.79. The molecule has 0 rings (SSSR count). The number of hydrogen-bond donors (Lipinski definition) is 1. The van der Waals surface area contributed by atoms with Crippen molar-refractivity contribution in [3.63, 3.8) is 0 Å². The Morgan fingerprint density at radius 1 is 0.383 bits per heavy atom. The molecule has 2 unspecified atom stereocenters. The molecule has 0 radical (unpaired) electrons. The maximum atomic E-state index is 12.9. The van der Waals surface area contributed by atoms with E-state index >= 15 is 0 Å². The third-order valence-electron chi connectivity index (χ3n) is 14.6. The molecule has 0 aromatic heterocycles. The zero-order valence-electron chi connectivity index (χ0n) is 53.4. The number of esters is 2. The minimum Gasteiger partial charge on any atom is -0.477 e. The van der Waals surface area contributed by atoms with E-state index in [1.54, 1.807) is 0 Å². The number of rotatable bonds is 62. The lowest BCUT2D eigenvalue weighted by Gasteiger charge is -2.25. The van der Waals surface area contributed by atoms with Gasteiger partial charge in [0.15, 0.2) is 6.10 Å². The molecule has 0 bridgehead atoms. The SMILES string of the molecule is CC/C=C\C/C=C\C/C=C\C/C=C\C/C=C\C/C=C\CCCCCCCCCCCCC(=O)OC(COC(=O)CCCCCCCCCCCCCCCCC/C=C\CCCCCCCCCC)COC(OCC[N+](C)(C)C)C(=O)O. The van der Waals surface area contributed by atoms with Crippen LogP contribution in [0.1, 0.15) is 296 Å². The molecule has 0 saturated heterocycles. The summed E-state index contributed by atoms with van der Waals surface area (Å²) in [5.41, 5.74) is 0. The van der Waals surface area contributed by atoms with Gasteiger partial charge in [0.25, 0.3) is 6.29 Å². The maximum Gasteiger partial charge on any atom is 0.361 e. The van der Waals surface area contributed by atoms with Crippen LogP contribution >= 0.6 is 0 Å². The highest BCUT2D eigenvalue weighted by Gasteiger charge is 2.25. The number of carbonyl (C=O) groups is 3. The largest absolute Gasteiger partial charge is 0.477 e. The summed E-state index contributed by atoms with van der Waals surface area (Å²) in [5, 5.41) is 9.74. The standard InChI is InChI=1S/C72H127NO8/c1-6-8-10-12-14-16-18-20-22-24-26-28-30-32-34-35-37-39-41-43-45-47-49-51-53-55-57-59-61-63-70(75)81-68(67-80-72(71(76)77)78-65-64-73(3,4)5)66-79-69(74)62-60-58-56-54-52-50-48-46-44-42-40-38-36-33-31-29-27-25-23-21-19-17-15-13-11-9-7-2/h8,10,14,16,20,22,25-28,32,34,37,39,68,72H,6-7,9,11-13,15,17-19,21,23-24,29-31,33,35-36,38,40-67H2,1-5H3/p+1/b10-8-,16-14-,22-20-,27-25-,28-26-,34-32-,39-37-. The molecule has 0 amide bonds. The van der Waals surface area contributed by atoms with Crippen LogP contribution < -0.4 is 0 Å². The molecule has 0 saturated carbocycles. The first kappa shape index (κ1) is 77.5. The van der Waals surface area contributed by atoms with Crippen molar-refractivity contribution in [2.24, 2.45) is 0 Å². The molecule has 0 aliphatic carbocycles. The first-order valence-electron chi connectivity index (χ1n) is 33.8. The summed E-state index contributed by atoms with van der Waals surface area (Å²) in [4.78, 5) is 37.6. The lowest BCUT2D eigenvalue weighted by Crippen LogP contribution is -2.40. The molecule has 0 aromatic rings. The summed E-state index contributed by atoms with van der Waals surface area (Å²) < 4.78 is 23.0. The average molecular weight is 1140 g/mol. The summed E-state index contributed by atoms with van der Waals surface area (Å²) >= 11 is 0. The summed E-state index contributed by atoms with van der Waals surface area (Å²) in [6, 6.07) is 0. The van der Waals surface area contributed by atoms with Gasteiger partial charge in [0.05, 0.1) is 34.4 Å². The van der Waals surface area contributed by atoms with Gasteiger partial charge >= 0.3 is 17.9 Å². The van der Waals surface area contributed by atoms with Crippen LogP contribution in [0.2, 0.25) is 0 Å². The second kappa shape index (κ2) is 62.5. The summed E-state index contributed by atoms with van der Waals surface area (Å²) in [6.07, 6.45) is 81.1. The smallest absolute Gasteiger partial charge is 0.361 e. The van der Waals surface area contributed by atoms with Crippen molar-refractivity contribution in [2.45, 2.75) is 309 Å². The highest BCUT2D eigenvalue weighted by molar-refractivity contribution is 5.71. The van der Waals surface area contributed by atoms with Crippen LogP contribution in [-0.2, 0) is 33.3 Å². The third-order valence-corrected chi connectivity index (χ3v) is 14.6. The zero-order valence-corrected chi connectivity index (χ0v) is 53.4. The molecule has 0 heterocycles. The van der Waals surface area contributed by atoms with E-state index in [1.807, 2.05) is 21.1 Å². The van der Waals surface area contributed by atoms with Gasteiger partial charge in [-0.15, -0.1) is 0 Å². The van der Waals surface area contributed by atoms with Crippen molar-refractivity contribution in [3.8, 4) is 0 Å². The first-order chi connectivity index (χ1) is 39.6. The number of aliphatic carboxylic acids is 1. The Bertz CT molecular complexity index is 1600. The van der Waals surface area contributed by atoms with Crippen molar-refractivity contribution in [2.75, 3.05) is 47.5 Å². The molecule has 9 heteroatoms. The van der Waals surface area contributed by atoms with Crippen molar-refractivity contribution in [1.29, 1.82) is 0 Å². The molecule has 81 heavy (non-hydrogen) atoms. The topological polar surface area (TPSA) is 108 Å². The average Bonchev–Trinajstić information content (AvgIpc) is 3.44. The molecule has 1 N–H and O–H groups in total. The Labute approximate surface area is 500 Å². The fraction of sp³-hybridized carbons (Fsp3) is 0.764. The van der Waals surface area contributed by atoms with Crippen molar-refractivity contribution in [1.82, 2.24) is 0 Å². The van der Waals surface area contributed by atoms with Gasteiger partial charge < -0.3 is 28.5 Å². The minimum absolute atomic E-state index is 0.184. The van der Waals surface area contributed by atoms with E-state index in [1.165, 1.54) is 180 Å². The van der Waals surface area contributed by atoms with Crippen LogP contribution in [0.4, 0.5) is 0 Å². The molecule has 0 aliphatic rings. The van der Waals surface area contributed by atoms with Crippen LogP contribution in [0.25, 0.3) is 0 Å². The van der Waals surface area contributed by atoms with Gasteiger partial charge in [0.1, 0.15) is 13.2 Å². The van der Waals surface area contributed by atoms with Gasteiger partial charge in [0, 0.05) is 12.8 Å². The second-order valence-corrected chi connectivity index (χ2v) is 23.7. The Kier molecular flexibility index (Phi) is 59.8. The molecule has 468 valence electrons. The molecular weight excluding hydrogens is 1010 g/mol. The maximum absolute atomic E-state index is 12.9. The number of quaternary nitrogens is 1. The van der Waals surface area contributed by atoms with Gasteiger partial charge in [-0.3, -0.25) is 9.59 Å². The number of likely N-dealkylation sites (N-methyl/N-ethyl adjacent to an activating group) is 1. The van der Waals surface area contributed by atoms with E-state index in [-0.39, 0.29) is 32.2 Å². The summed E-state index contributed by atoms with van der Waals surface area (Å²) in [5.74, 6) is -2.00. The minimum atomic E-state index is -1.52. The van der Waals surface area contributed by atoms with Gasteiger partial charge in [-0.2, -0.15) is 0 Å². The quantitative estimate of drug-likeness (QED) is 0.0211. The molecule has 9 nitrogen and oxygen atoms in total. The lowest BCUT2D eigenvalue weighted by atomic mass is 10.0. The van der Waals surface area contributed by atoms with Gasteiger partial charge in [0.2, 0.25) is 0 Å². The molecule has 2 atom stereocenters. The van der Waals surface area contributed by atoms with E-state index in [9.17, 15) is 19.5 Å². The van der Waals surface area contributed by atoms with Crippen molar-refractivity contribution >= 4 is 17.9 Å². The molecule has 0 fully saturated rings. The predicted octanol–water partition coefficient (Wildman–Crippen LogP) is 20.7. The first-order valence-corrected chi connectivity index (χ1v) is 33.8. The fourth-order valence-electron chi connectivity index (χ4n) is 9.48. The van der Waals surface area contributed by atoms with E-state index in [0.29, 0.717) is 23.9 Å². The predicted molar refractivity (Wildman–Crippen MR) is 346 cm³/mol. The Morgan fingerprint density at radius 2 is 0.704 bits per heavy atom. The molecule has 0 spiro atoms. The second-order valence-electron chi connectivity index (χ2n) is 23.7. The highest BCUT2D eigenvalue weighted by Crippen LogP contribution is 2.17. The highest BCUT2D eigenvalue weighted by atomic mass is 16.7. The van der Waals surface area contributed by atoms with E-state index < -0.39 is 24.3 Å². The van der Waals surface area contributed by atoms with Crippen LogP contribution in [0.5, 0.6) is 0 Å². The van der Waals surface area contributed by atoms with Crippen LogP contribution in [-0.4, -0.2) is 87.4 Å². The van der Waals surface area contributed by atoms with Crippen LogP contribution in [0.15, 0.2) is 85.1 Å². The molecule has 0 aromatic carbocycles. The Morgan fingerprint density at radius 3 is 1.06 bits per heavy atom. The number of carboxylic acids is 1. The van der Waals surface area contributed by atoms with E-state index in [4.69, 9.17) is 18.9 Å². The number of nitrogens with zero attached hydrogens (tertiary/aromatic N) is 1. The number of hydrogen-bond acceptors (Lipinski definition) is 7. The van der Waals surface area contributed by atoms with E-state index in [0.717, 1.165) is 83.5 Å². The van der Waals surface area contributed by atoms with E-state index in [2.05, 4.69) is 98.9 Å². The summed E-state index contributed by atoms with van der Waals surface area (Å²) in [7, 11) is 5.98. The number of carboxylic acid groups (broad SMARTS) is 1. The Hall–Kier alpha value is -3.53. The number of carbonyl (C=O) groups excluding carboxylic acids is 2. The molecule has 0 aliphatic heterocycles. The number of unbranched alkanes of at least 4 members (excludes halogenated alkanes) is 33. The Balaban J connectivity index is 4.16. The number of allylic oxidation sites excluding steroid dienone is 14. The van der Waals surface area contributed by atoms with Crippen LogP contribution in [0.3, 0.4) is 0 Å². The van der Waals surface area contributed by atoms with Crippen molar-refractivity contribution in [3.05, 3.63) is 85.1 Å². The molecular formula is C72H128NO8+. The zero-order chi connectivity index (χ0) is 59.1. The van der Waals surface area contributed by atoms with Gasteiger partial charge in [-0.25, -0.2) is 4.79 Å². The fourth-order valence-corrected chi connectivity index (χ4v) is 9.48.